The van der Waals surface area contributed by atoms with Crippen LogP contribution in [0.15, 0.2) is 18.5 Å². The largest absolute Gasteiger partial charge is 0.342 e. The zero-order valence-corrected chi connectivity index (χ0v) is 10.7. The predicted molar refractivity (Wildman–Crippen MR) is 65.7 cm³/mol. The molecule has 1 rings (SSSR count). The van der Waals surface area contributed by atoms with Gasteiger partial charge in [-0.2, -0.15) is 0 Å². The molecule has 0 bridgehead atoms. The first kappa shape index (κ1) is 13.0. The SMILES string of the molecule is CC(C)CCN(C)C(=O)c1cnccc1Cl. The molecule has 88 valence electrons. The molecule has 4 heteroatoms. The lowest BCUT2D eigenvalue weighted by atomic mass is 10.1. The Morgan fingerprint density at radius 2 is 2.25 bits per heavy atom. The van der Waals surface area contributed by atoms with Crippen molar-refractivity contribution in [2.75, 3.05) is 13.6 Å². The molecule has 0 N–H and O–H groups in total. The summed E-state index contributed by atoms with van der Waals surface area (Å²) in [5.74, 6) is 0.512. The fraction of sp³-hybridized carbons (Fsp3) is 0.500. The molecule has 0 unspecified atom stereocenters. The zero-order valence-electron chi connectivity index (χ0n) is 9.90. The number of rotatable bonds is 4. The molecule has 0 aliphatic heterocycles. The smallest absolute Gasteiger partial charge is 0.256 e. The van der Waals surface area contributed by atoms with Gasteiger partial charge in [0.05, 0.1) is 10.6 Å². The van der Waals surface area contributed by atoms with E-state index in [-0.39, 0.29) is 5.91 Å². The number of nitrogens with zero attached hydrogens (tertiary/aromatic N) is 2. The number of pyridine rings is 1. The first-order valence-electron chi connectivity index (χ1n) is 5.37. The van der Waals surface area contributed by atoms with Crippen LogP contribution in [0.2, 0.25) is 5.02 Å². The van der Waals surface area contributed by atoms with Crippen LogP contribution in [0.4, 0.5) is 0 Å². The lowest BCUT2D eigenvalue weighted by Crippen LogP contribution is -2.28. The molecule has 16 heavy (non-hydrogen) atoms. The van der Waals surface area contributed by atoms with E-state index in [0.29, 0.717) is 16.5 Å². The number of hydrogen-bond acceptors (Lipinski definition) is 2. The normalized spacial score (nSPS) is 10.6. The molecule has 0 saturated carbocycles. The maximum Gasteiger partial charge on any atom is 0.256 e. The number of amides is 1. The fourth-order valence-electron chi connectivity index (χ4n) is 1.29. The van der Waals surface area contributed by atoms with Gasteiger partial charge in [-0.25, -0.2) is 0 Å². The quantitative estimate of drug-likeness (QED) is 0.811. The Balaban J connectivity index is 2.67. The van der Waals surface area contributed by atoms with Crippen LogP contribution < -0.4 is 0 Å². The van der Waals surface area contributed by atoms with E-state index in [1.54, 1.807) is 24.2 Å². The highest BCUT2D eigenvalue weighted by atomic mass is 35.5. The molecule has 1 aromatic heterocycles. The maximum absolute atomic E-state index is 12.0. The van der Waals surface area contributed by atoms with E-state index in [9.17, 15) is 4.79 Å². The predicted octanol–water partition coefficient (Wildman–Crippen LogP) is 2.85. The zero-order chi connectivity index (χ0) is 12.1. The highest BCUT2D eigenvalue weighted by Crippen LogP contribution is 2.15. The van der Waals surface area contributed by atoms with Crippen LogP contribution in [-0.2, 0) is 0 Å². The molecule has 0 aliphatic rings. The molecule has 0 atom stereocenters. The number of carbonyl (C=O) groups excluding carboxylic acids is 1. The summed E-state index contributed by atoms with van der Waals surface area (Å²) in [5, 5.41) is 0.455. The molecule has 1 aromatic rings. The number of halogens is 1. The van der Waals surface area contributed by atoms with Crippen LogP contribution in [0, 0.1) is 5.92 Å². The molecule has 0 saturated heterocycles. The summed E-state index contributed by atoms with van der Waals surface area (Å²) < 4.78 is 0. The van der Waals surface area contributed by atoms with E-state index in [0.717, 1.165) is 13.0 Å². The monoisotopic (exact) mass is 240 g/mol. The summed E-state index contributed by atoms with van der Waals surface area (Å²) in [6, 6.07) is 1.63. The van der Waals surface area contributed by atoms with E-state index >= 15 is 0 Å². The van der Waals surface area contributed by atoms with Gasteiger partial charge in [0.25, 0.3) is 5.91 Å². The minimum Gasteiger partial charge on any atom is -0.342 e. The van der Waals surface area contributed by atoms with Crippen LogP contribution in [0.5, 0.6) is 0 Å². The Labute approximate surface area is 101 Å². The van der Waals surface area contributed by atoms with Crippen molar-refractivity contribution in [1.29, 1.82) is 0 Å². The van der Waals surface area contributed by atoms with E-state index in [4.69, 9.17) is 11.6 Å². The first-order valence-corrected chi connectivity index (χ1v) is 5.75. The summed E-state index contributed by atoms with van der Waals surface area (Å²) in [6.45, 7) is 5.01. The summed E-state index contributed by atoms with van der Waals surface area (Å²) in [6.07, 6.45) is 4.07. The third-order valence-electron chi connectivity index (χ3n) is 2.39. The van der Waals surface area contributed by atoms with Gasteiger partial charge in [0.15, 0.2) is 0 Å². The standard InChI is InChI=1S/C12H17ClN2O/c1-9(2)5-7-15(3)12(16)10-8-14-6-4-11(10)13/h4,6,8-9H,5,7H2,1-3H3. The van der Waals surface area contributed by atoms with E-state index in [1.165, 1.54) is 6.20 Å². The van der Waals surface area contributed by atoms with E-state index in [2.05, 4.69) is 18.8 Å². The molecule has 0 spiro atoms. The Hall–Kier alpha value is -1.09. The highest BCUT2D eigenvalue weighted by molar-refractivity contribution is 6.33. The molecule has 0 aliphatic carbocycles. The Morgan fingerprint density at radius 1 is 1.56 bits per heavy atom. The van der Waals surface area contributed by atoms with Crippen molar-refractivity contribution in [2.24, 2.45) is 5.92 Å². The fourth-order valence-corrected chi connectivity index (χ4v) is 1.48. The minimum atomic E-state index is -0.0706. The van der Waals surface area contributed by atoms with Gasteiger partial charge in [-0.1, -0.05) is 25.4 Å². The summed E-state index contributed by atoms with van der Waals surface area (Å²) in [5.41, 5.74) is 0.468. The van der Waals surface area contributed by atoms with Crippen LogP contribution in [0.25, 0.3) is 0 Å². The summed E-state index contributed by atoms with van der Waals surface area (Å²) >= 11 is 5.94. The second-order valence-electron chi connectivity index (χ2n) is 4.26. The van der Waals surface area contributed by atoms with Crippen LogP contribution in [0.1, 0.15) is 30.6 Å². The topological polar surface area (TPSA) is 33.2 Å². The second kappa shape index (κ2) is 5.85. The number of hydrogen-bond donors (Lipinski definition) is 0. The Bertz CT molecular complexity index is 366. The average molecular weight is 241 g/mol. The van der Waals surface area contributed by atoms with Crippen LogP contribution in [0.3, 0.4) is 0 Å². The Kier molecular flexibility index (Phi) is 4.74. The van der Waals surface area contributed by atoms with Crippen molar-refractivity contribution in [1.82, 2.24) is 9.88 Å². The van der Waals surface area contributed by atoms with Crippen molar-refractivity contribution in [3.05, 3.63) is 29.0 Å². The average Bonchev–Trinajstić information content (AvgIpc) is 2.25. The van der Waals surface area contributed by atoms with Gasteiger partial charge in [-0.15, -0.1) is 0 Å². The van der Waals surface area contributed by atoms with Gasteiger partial charge >= 0.3 is 0 Å². The van der Waals surface area contributed by atoms with Gasteiger partial charge in [0.1, 0.15) is 0 Å². The minimum absolute atomic E-state index is 0.0706. The molecule has 3 nitrogen and oxygen atoms in total. The number of aromatic nitrogens is 1. The van der Waals surface area contributed by atoms with Gasteiger partial charge in [0.2, 0.25) is 0 Å². The second-order valence-corrected chi connectivity index (χ2v) is 4.67. The summed E-state index contributed by atoms with van der Waals surface area (Å²) in [7, 11) is 1.79. The first-order chi connectivity index (χ1) is 7.52. The molecule has 1 amide bonds. The van der Waals surface area contributed by atoms with Crippen molar-refractivity contribution in [3.8, 4) is 0 Å². The van der Waals surface area contributed by atoms with Gasteiger partial charge in [-0.05, 0) is 18.4 Å². The van der Waals surface area contributed by atoms with Gasteiger partial charge < -0.3 is 4.90 Å². The van der Waals surface area contributed by atoms with Gasteiger partial charge in [-0.3, -0.25) is 9.78 Å². The van der Waals surface area contributed by atoms with E-state index < -0.39 is 0 Å². The molecule has 1 heterocycles. The van der Waals surface area contributed by atoms with Crippen molar-refractivity contribution < 1.29 is 4.79 Å². The Morgan fingerprint density at radius 3 is 2.81 bits per heavy atom. The number of carbonyl (C=O) groups is 1. The molecular formula is C12H17ClN2O. The molecular weight excluding hydrogens is 224 g/mol. The van der Waals surface area contributed by atoms with Gasteiger partial charge in [0, 0.05) is 26.0 Å². The molecule has 0 aromatic carbocycles. The van der Waals surface area contributed by atoms with Crippen molar-refractivity contribution in [2.45, 2.75) is 20.3 Å². The molecule has 0 radical (unpaired) electrons. The lowest BCUT2D eigenvalue weighted by Gasteiger charge is -2.18. The third-order valence-corrected chi connectivity index (χ3v) is 2.72. The summed E-state index contributed by atoms with van der Waals surface area (Å²) in [4.78, 5) is 17.6. The van der Waals surface area contributed by atoms with Crippen LogP contribution >= 0.6 is 11.6 Å². The third kappa shape index (κ3) is 3.49. The molecule has 0 fully saturated rings. The highest BCUT2D eigenvalue weighted by Gasteiger charge is 2.14. The van der Waals surface area contributed by atoms with Crippen molar-refractivity contribution in [3.63, 3.8) is 0 Å². The van der Waals surface area contributed by atoms with Crippen LogP contribution in [-0.4, -0.2) is 29.4 Å². The lowest BCUT2D eigenvalue weighted by molar-refractivity contribution is 0.0789. The van der Waals surface area contributed by atoms with Crippen molar-refractivity contribution >= 4 is 17.5 Å². The maximum atomic E-state index is 12.0. The van der Waals surface area contributed by atoms with E-state index in [1.807, 2.05) is 0 Å².